The van der Waals surface area contributed by atoms with Gasteiger partial charge in [0.2, 0.25) is 0 Å². The average molecular weight is 462 g/mol. The van der Waals surface area contributed by atoms with Gasteiger partial charge in [0.1, 0.15) is 16.1 Å². The zero-order chi connectivity index (χ0) is 23.3. The molecule has 0 aliphatic carbocycles. The number of benzene rings is 2. The van der Waals surface area contributed by atoms with E-state index in [4.69, 9.17) is 10.2 Å². The van der Waals surface area contributed by atoms with Gasteiger partial charge in [-0.15, -0.1) is 11.3 Å². The van der Waals surface area contributed by atoms with E-state index in [1.165, 1.54) is 11.3 Å². The number of fused-ring (bicyclic) bond motifs is 4. The normalized spacial score (nSPS) is 14.0. The van der Waals surface area contributed by atoms with Crippen molar-refractivity contribution in [3.8, 4) is 0 Å². The summed E-state index contributed by atoms with van der Waals surface area (Å²) in [7, 11) is 0. The second-order valence-corrected chi connectivity index (χ2v) is 9.59. The van der Waals surface area contributed by atoms with Gasteiger partial charge in [0.05, 0.1) is 5.56 Å². The quantitative estimate of drug-likeness (QED) is 0.351. The number of rotatable bonds is 4. The van der Waals surface area contributed by atoms with Crippen molar-refractivity contribution in [1.29, 1.82) is 0 Å². The Morgan fingerprint density at radius 3 is 2.70 bits per heavy atom. The molecule has 168 valence electrons. The predicted octanol–water partition coefficient (Wildman–Crippen LogP) is 4.13. The average Bonchev–Trinajstić information content (AvgIpc) is 3.15. The lowest BCUT2D eigenvalue weighted by Crippen LogP contribution is -2.35. The second kappa shape index (κ2) is 8.13. The van der Waals surface area contributed by atoms with Crippen molar-refractivity contribution in [2.75, 3.05) is 11.9 Å². The van der Waals surface area contributed by atoms with E-state index in [1.54, 1.807) is 12.1 Å². The number of hydrogen-bond acceptors (Lipinski definition) is 6. The number of primary amides is 1. The van der Waals surface area contributed by atoms with Crippen LogP contribution in [0.15, 0.2) is 51.7 Å². The molecular formula is C25H23N3O4S. The first-order valence-corrected chi connectivity index (χ1v) is 11.6. The highest BCUT2D eigenvalue weighted by Crippen LogP contribution is 2.37. The summed E-state index contributed by atoms with van der Waals surface area (Å²) in [6.07, 6.45) is 0.683. The van der Waals surface area contributed by atoms with Gasteiger partial charge in [0.25, 0.3) is 11.8 Å². The van der Waals surface area contributed by atoms with Gasteiger partial charge in [-0.05, 0) is 48.7 Å². The highest BCUT2D eigenvalue weighted by Gasteiger charge is 2.29. The molecule has 5 rings (SSSR count). The fourth-order valence-corrected chi connectivity index (χ4v) is 5.69. The standard InChI is InChI=1S/C25H23N3O4S/c1-13(2)28-10-9-16-20(12-28)33-24(21(16)22(26)29)27-23(30)18-11-17-15-6-4-3-5-14(15)7-8-19(17)32-25(18)31/h3-8,11,13H,9-10,12H2,1-2H3,(H2,26,29)(H,27,30). The fraction of sp³-hybridized carbons (Fsp3) is 0.240. The minimum Gasteiger partial charge on any atom is -0.422 e. The molecule has 0 unspecified atom stereocenters. The van der Waals surface area contributed by atoms with Crippen molar-refractivity contribution >= 4 is 49.9 Å². The monoisotopic (exact) mass is 461 g/mol. The molecule has 3 heterocycles. The van der Waals surface area contributed by atoms with Crippen LogP contribution in [-0.4, -0.2) is 29.3 Å². The van der Waals surface area contributed by atoms with Crippen molar-refractivity contribution in [1.82, 2.24) is 4.90 Å². The Kier molecular flexibility index (Phi) is 5.26. The fourth-order valence-electron chi connectivity index (χ4n) is 4.41. The summed E-state index contributed by atoms with van der Waals surface area (Å²) in [4.78, 5) is 41.3. The van der Waals surface area contributed by atoms with Crippen LogP contribution in [0.1, 0.15) is 45.0 Å². The number of amides is 2. The molecule has 0 saturated heterocycles. The zero-order valence-corrected chi connectivity index (χ0v) is 19.1. The van der Waals surface area contributed by atoms with E-state index < -0.39 is 17.4 Å². The van der Waals surface area contributed by atoms with E-state index in [0.29, 0.717) is 40.5 Å². The van der Waals surface area contributed by atoms with Gasteiger partial charge in [-0.2, -0.15) is 0 Å². The van der Waals surface area contributed by atoms with Gasteiger partial charge in [-0.25, -0.2) is 4.79 Å². The van der Waals surface area contributed by atoms with Crippen LogP contribution in [0, 0.1) is 0 Å². The number of nitrogens with two attached hydrogens (primary N) is 1. The molecule has 8 heteroatoms. The Labute approximate surface area is 193 Å². The predicted molar refractivity (Wildman–Crippen MR) is 130 cm³/mol. The van der Waals surface area contributed by atoms with Gasteiger partial charge in [0.15, 0.2) is 0 Å². The number of hydrogen-bond donors (Lipinski definition) is 2. The van der Waals surface area contributed by atoms with E-state index in [0.717, 1.165) is 27.8 Å². The molecule has 33 heavy (non-hydrogen) atoms. The molecule has 1 aliphatic heterocycles. The van der Waals surface area contributed by atoms with Crippen LogP contribution in [-0.2, 0) is 13.0 Å². The molecule has 2 amide bonds. The van der Waals surface area contributed by atoms with Crippen molar-refractivity contribution in [3.63, 3.8) is 0 Å². The third-order valence-electron chi connectivity index (χ3n) is 6.18. The van der Waals surface area contributed by atoms with E-state index >= 15 is 0 Å². The first kappa shape index (κ1) is 21.4. The number of nitrogens with one attached hydrogen (secondary N) is 1. The lowest BCUT2D eigenvalue weighted by atomic mass is 10.0. The van der Waals surface area contributed by atoms with Crippen LogP contribution in [0.2, 0.25) is 0 Å². The number of carbonyl (C=O) groups is 2. The molecule has 0 atom stereocenters. The number of nitrogens with zero attached hydrogens (tertiary/aromatic N) is 1. The van der Waals surface area contributed by atoms with Gasteiger partial charge in [-0.3, -0.25) is 14.5 Å². The highest BCUT2D eigenvalue weighted by atomic mass is 32.1. The van der Waals surface area contributed by atoms with Gasteiger partial charge in [-0.1, -0.05) is 30.3 Å². The maximum atomic E-state index is 13.1. The number of carbonyl (C=O) groups excluding carboxylic acids is 2. The van der Waals surface area contributed by atoms with Crippen LogP contribution >= 0.6 is 11.3 Å². The maximum Gasteiger partial charge on any atom is 0.349 e. The Morgan fingerprint density at radius 1 is 1.15 bits per heavy atom. The van der Waals surface area contributed by atoms with Gasteiger partial charge in [0, 0.05) is 29.4 Å². The van der Waals surface area contributed by atoms with Gasteiger partial charge < -0.3 is 15.5 Å². The van der Waals surface area contributed by atoms with E-state index in [2.05, 4.69) is 24.1 Å². The summed E-state index contributed by atoms with van der Waals surface area (Å²) in [6, 6.07) is 13.2. The summed E-state index contributed by atoms with van der Waals surface area (Å²) < 4.78 is 5.45. The van der Waals surface area contributed by atoms with Crippen molar-refractivity contribution < 1.29 is 14.0 Å². The third-order valence-corrected chi connectivity index (χ3v) is 7.31. The summed E-state index contributed by atoms with van der Waals surface area (Å²) in [5.74, 6) is -1.21. The summed E-state index contributed by atoms with van der Waals surface area (Å²) in [5.41, 5.74) is 6.46. The smallest absolute Gasteiger partial charge is 0.349 e. The van der Waals surface area contributed by atoms with E-state index in [-0.39, 0.29) is 5.56 Å². The summed E-state index contributed by atoms with van der Waals surface area (Å²) in [5, 5.41) is 5.67. The lowest BCUT2D eigenvalue weighted by molar-refractivity contribution is 0.0999. The highest BCUT2D eigenvalue weighted by molar-refractivity contribution is 7.17. The first-order valence-electron chi connectivity index (χ1n) is 10.8. The molecule has 0 bridgehead atoms. The van der Waals surface area contributed by atoms with Crippen molar-refractivity contribution in [3.05, 3.63) is 74.5 Å². The molecular weight excluding hydrogens is 438 g/mol. The Bertz CT molecular complexity index is 1480. The van der Waals surface area contributed by atoms with E-state index in [1.807, 2.05) is 30.3 Å². The second-order valence-electron chi connectivity index (χ2n) is 8.49. The third kappa shape index (κ3) is 3.71. The molecule has 0 spiro atoms. The molecule has 4 aromatic rings. The number of thiophene rings is 1. The van der Waals surface area contributed by atoms with Crippen LogP contribution < -0.4 is 16.7 Å². The number of anilines is 1. The van der Waals surface area contributed by atoms with Crippen LogP contribution in [0.3, 0.4) is 0 Å². The summed E-state index contributed by atoms with van der Waals surface area (Å²) in [6.45, 7) is 5.76. The molecule has 0 radical (unpaired) electrons. The first-order chi connectivity index (χ1) is 15.8. The Hall–Kier alpha value is -3.49. The van der Waals surface area contributed by atoms with Crippen molar-refractivity contribution in [2.24, 2.45) is 5.73 Å². The minimum atomic E-state index is -0.733. The van der Waals surface area contributed by atoms with Crippen molar-refractivity contribution in [2.45, 2.75) is 32.9 Å². The molecule has 0 saturated carbocycles. The SMILES string of the molecule is CC(C)N1CCc2c(sc(NC(=O)c3cc4c(ccc5ccccc54)oc3=O)c2C(N)=O)C1. The molecule has 2 aromatic carbocycles. The minimum absolute atomic E-state index is 0.121. The molecule has 7 nitrogen and oxygen atoms in total. The largest absolute Gasteiger partial charge is 0.422 e. The Balaban J connectivity index is 1.55. The lowest BCUT2D eigenvalue weighted by Gasteiger charge is -2.30. The zero-order valence-electron chi connectivity index (χ0n) is 18.3. The van der Waals surface area contributed by atoms with Crippen LogP contribution in [0.4, 0.5) is 5.00 Å². The Morgan fingerprint density at radius 2 is 1.94 bits per heavy atom. The van der Waals surface area contributed by atoms with Crippen LogP contribution in [0.25, 0.3) is 21.7 Å². The van der Waals surface area contributed by atoms with Crippen LogP contribution in [0.5, 0.6) is 0 Å². The maximum absolute atomic E-state index is 13.1. The topological polar surface area (TPSA) is 106 Å². The summed E-state index contributed by atoms with van der Waals surface area (Å²) >= 11 is 1.34. The molecule has 0 fully saturated rings. The molecule has 1 aliphatic rings. The molecule has 3 N–H and O–H groups in total. The van der Waals surface area contributed by atoms with E-state index in [9.17, 15) is 14.4 Å². The van der Waals surface area contributed by atoms with Gasteiger partial charge >= 0.3 is 5.63 Å². The molecule has 2 aromatic heterocycles.